The van der Waals surface area contributed by atoms with Crippen LogP contribution in [0.15, 0.2) is 48.7 Å². The fraction of sp³-hybridized carbons (Fsp3) is 0.312. The van der Waals surface area contributed by atoms with Crippen LogP contribution in [0, 0.1) is 5.82 Å². The first kappa shape index (κ1) is 14.5. The van der Waals surface area contributed by atoms with Crippen molar-refractivity contribution in [1.82, 2.24) is 4.98 Å². The fourth-order valence-electron chi connectivity index (χ4n) is 2.16. The van der Waals surface area contributed by atoms with Crippen molar-refractivity contribution < 1.29 is 4.39 Å². The monoisotopic (exact) mass is 273 g/mol. The van der Waals surface area contributed by atoms with E-state index in [2.05, 4.69) is 28.9 Å². The van der Waals surface area contributed by atoms with Crippen LogP contribution < -0.4 is 10.6 Å². The Labute approximate surface area is 119 Å². The van der Waals surface area contributed by atoms with Gasteiger partial charge in [0, 0.05) is 24.8 Å². The molecule has 2 aromatic rings. The summed E-state index contributed by atoms with van der Waals surface area (Å²) >= 11 is 0. The van der Waals surface area contributed by atoms with Crippen LogP contribution in [0.4, 0.5) is 10.1 Å². The smallest absolute Gasteiger partial charge is 0.141 e. The van der Waals surface area contributed by atoms with Crippen LogP contribution >= 0.6 is 0 Å². The van der Waals surface area contributed by atoms with Gasteiger partial charge in [-0.05, 0) is 37.6 Å². The van der Waals surface area contributed by atoms with E-state index in [0.29, 0.717) is 0 Å². The minimum Gasteiger partial charge on any atom is -0.372 e. The quantitative estimate of drug-likeness (QED) is 0.879. The van der Waals surface area contributed by atoms with E-state index in [-0.39, 0.29) is 11.9 Å². The second-order valence-corrected chi connectivity index (χ2v) is 4.71. The third-order valence-corrected chi connectivity index (χ3v) is 3.34. The summed E-state index contributed by atoms with van der Waals surface area (Å²) in [6, 6.07) is 13.1. The molecule has 1 aromatic carbocycles. The minimum atomic E-state index is -0.333. The highest BCUT2D eigenvalue weighted by Gasteiger charge is 2.10. The Morgan fingerprint density at radius 3 is 2.55 bits per heavy atom. The molecular weight excluding hydrogens is 253 g/mol. The second-order valence-electron chi connectivity index (χ2n) is 4.71. The van der Waals surface area contributed by atoms with Crippen LogP contribution in [-0.4, -0.2) is 18.1 Å². The predicted molar refractivity (Wildman–Crippen MR) is 80.1 cm³/mol. The Morgan fingerprint density at radius 2 is 1.95 bits per heavy atom. The lowest BCUT2D eigenvalue weighted by Crippen LogP contribution is -2.27. The van der Waals surface area contributed by atoms with Gasteiger partial charge >= 0.3 is 0 Å². The first-order chi connectivity index (χ1) is 9.70. The van der Waals surface area contributed by atoms with Gasteiger partial charge in [-0.25, -0.2) is 4.39 Å². The first-order valence-electron chi connectivity index (χ1n) is 6.87. The van der Waals surface area contributed by atoms with Gasteiger partial charge in [0.05, 0.1) is 11.9 Å². The second kappa shape index (κ2) is 7.01. The first-order valence-corrected chi connectivity index (χ1v) is 6.87. The molecule has 0 aliphatic rings. The third kappa shape index (κ3) is 3.78. The summed E-state index contributed by atoms with van der Waals surface area (Å²) in [5, 5.41) is 0. The van der Waals surface area contributed by atoms with E-state index < -0.39 is 0 Å². The maximum Gasteiger partial charge on any atom is 0.141 e. The van der Waals surface area contributed by atoms with E-state index in [4.69, 9.17) is 5.73 Å². The van der Waals surface area contributed by atoms with Gasteiger partial charge in [0.15, 0.2) is 0 Å². The average Bonchev–Trinajstić information content (AvgIpc) is 2.49. The summed E-state index contributed by atoms with van der Waals surface area (Å²) < 4.78 is 12.8. The molecule has 0 radical (unpaired) electrons. The molecule has 1 heterocycles. The van der Waals surface area contributed by atoms with E-state index in [1.165, 1.54) is 18.0 Å². The lowest BCUT2D eigenvalue weighted by Gasteiger charge is -2.24. The van der Waals surface area contributed by atoms with Gasteiger partial charge in [0.25, 0.3) is 0 Å². The number of rotatable bonds is 6. The molecule has 2 rings (SSSR count). The summed E-state index contributed by atoms with van der Waals surface area (Å²) in [4.78, 5) is 6.30. The number of nitrogens with two attached hydrogens (primary N) is 1. The summed E-state index contributed by atoms with van der Waals surface area (Å²) in [7, 11) is 0. The lowest BCUT2D eigenvalue weighted by molar-refractivity contribution is 0.596. The summed E-state index contributed by atoms with van der Waals surface area (Å²) in [6.07, 6.45) is 1.99. The molecule has 0 bridgehead atoms. The number of hydrogen-bond donors (Lipinski definition) is 1. The van der Waals surface area contributed by atoms with Crippen molar-refractivity contribution in [2.45, 2.75) is 19.4 Å². The van der Waals surface area contributed by atoms with Gasteiger partial charge in [-0.3, -0.25) is 4.98 Å². The van der Waals surface area contributed by atoms with Gasteiger partial charge < -0.3 is 10.6 Å². The number of benzene rings is 1. The van der Waals surface area contributed by atoms with E-state index in [0.717, 1.165) is 25.2 Å². The van der Waals surface area contributed by atoms with Crippen LogP contribution in [-0.2, 0) is 0 Å². The van der Waals surface area contributed by atoms with Crippen molar-refractivity contribution in [2.75, 3.05) is 18.0 Å². The van der Waals surface area contributed by atoms with Crippen molar-refractivity contribution in [3.63, 3.8) is 0 Å². The summed E-state index contributed by atoms with van der Waals surface area (Å²) in [6.45, 7) is 3.89. The normalized spacial score (nSPS) is 12.2. The highest BCUT2D eigenvalue weighted by atomic mass is 19.1. The highest BCUT2D eigenvalue weighted by molar-refractivity contribution is 5.45. The Morgan fingerprint density at radius 1 is 1.20 bits per heavy atom. The van der Waals surface area contributed by atoms with Gasteiger partial charge in [0.1, 0.15) is 5.82 Å². The van der Waals surface area contributed by atoms with Crippen LogP contribution in [0.25, 0.3) is 0 Å². The third-order valence-electron chi connectivity index (χ3n) is 3.34. The van der Waals surface area contributed by atoms with E-state index in [1.54, 1.807) is 6.07 Å². The Balaban J connectivity index is 1.94. The molecule has 1 atom stereocenters. The van der Waals surface area contributed by atoms with Crippen molar-refractivity contribution in [2.24, 2.45) is 5.73 Å². The molecule has 0 aliphatic heterocycles. The zero-order valence-corrected chi connectivity index (χ0v) is 11.7. The van der Waals surface area contributed by atoms with E-state index in [1.807, 2.05) is 18.2 Å². The maximum atomic E-state index is 12.8. The number of nitrogens with zero attached hydrogens (tertiary/aromatic N) is 2. The van der Waals surface area contributed by atoms with Gasteiger partial charge in [-0.1, -0.05) is 18.2 Å². The molecule has 20 heavy (non-hydrogen) atoms. The Kier molecular flexibility index (Phi) is 5.07. The van der Waals surface area contributed by atoms with Crippen LogP contribution in [0.1, 0.15) is 25.1 Å². The molecule has 0 fully saturated rings. The molecular formula is C16H20FN3. The van der Waals surface area contributed by atoms with Gasteiger partial charge in [0.2, 0.25) is 0 Å². The van der Waals surface area contributed by atoms with Gasteiger partial charge in [-0.2, -0.15) is 0 Å². The average molecular weight is 273 g/mol. The minimum absolute atomic E-state index is 0.173. The van der Waals surface area contributed by atoms with Crippen molar-refractivity contribution in [1.29, 1.82) is 0 Å². The molecule has 106 valence electrons. The topological polar surface area (TPSA) is 42.1 Å². The predicted octanol–water partition coefficient (Wildman–Crippen LogP) is 3.14. The molecule has 0 saturated carbocycles. The number of pyridine rings is 1. The molecule has 0 saturated heterocycles. The van der Waals surface area contributed by atoms with Crippen molar-refractivity contribution in [3.05, 3.63) is 60.2 Å². The summed E-state index contributed by atoms with van der Waals surface area (Å²) in [5.74, 6) is -0.333. The molecule has 3 nitrogen and oxygen atoms in total. The van der Waals surface area contributed by atoms with Gasteiger partial charge in [-0.15, -0.1) is 0 Å². The molecule has 0 aliphatic carbocycles. The van der Waals surface area contributed by atoms with Crippen molar-refractivity contribution >= 4 is 5.69 Å². The van der Waals surface area contributed by atoms with E-state index >= 15 is 0 Å². The Bertz CT molecular complexity index is 513. The highest BCUT2D eigenvalue weighted by Crippen LogP contribution is 2.17. The Hall–Kier alpha value is -1.94. The molecule has 2 N–H and O–H groups in total. The van der Waals surface area contributed by atoms with Crippen LogP contribution in [0.5, 0.6) is 0 Å². The zero-order chi connectivity index (χ0) is 14.4. The van der Waals surface area contributed by atoms with Crippen molar-refractivity contribution in [3.8, 4) is 0 Å². The maximum absolute atomic E-state index is 12.8. The number of anilines is 1. The van der Waals surface area contributed by atoms with Crippen LogP contribution in [0.2, 0.25) is 0 Å². The number of hydrogen-bond acceptors (Lipinski definition) is 3. The largest absolute Gasteiger partial charge is 0.372 e. The number of aromatic nitrogens is 1. The SMILES string of the molecule is CCN(CCC(N)c1ccc(F)cn1)c1ccccc1. The fourth-order valence-corrected chi connectivity index (χ4v) is 2.16. The number of para-hydroxylation sites is 1. The summed E-state index contributed by atoms with van der Waals surface area (Å²) in [5.41, 5.74) is 8.04. The van der Waals surface area contributed by atoms with Crippen LogP contribution in [0.3, 0.4) is 0 Å². The standard InChI is InChI=1S/C16H20FN3/c1-2-20(14-6-4-3-5-7-14)11-10-15(18)16-9-8-13(17)12-19-16/h3-9,12,15H,2,10-11,18H2,1H3. The molecule has 1 aromatic heterocycles. The molecule has 1 unspecified atom stereocenters. The molecule has 0 amide bonds. The molecule has 4 heteroatoms. The lowest BCUT2D eigenvalue weighted by atomic mass is 10.1. The molecule has 0 spiro atoms. The van der Waals surface area contributed by atoms with E-state index in [9.17, 15) is 4.39 Å². The number of halogens is 1. The zero-order valence-electron chi connectivity index (χ0n) is 11.7.